The van der Waals surface area contributed by atoms with E-state index in [4.69, 9.17) is 0 Å². The summed E-state index contributed by atoms with van der Waals surface area (Å²) in [7, 11) is 0. The van der Waals surface area contributed by atoms with E-state index in [0.29, 0.717) is 5.56 Å². The Morgan fingerprint density at radius 1 is 1.28 bits per heavy atom. The molecule has 0 aliphatic carbocycles. The van der Waals surface area contributed by atoms with Gasteiger partial charge in [0.15, 0.2) is 0 Å². The molecule has 6 nitrogen and oxygen atoms in total. The van der Waals surface area contributed by atoms with Crippen molar-refractivity contribution in [3.05, 3.63) is 53.2 Å². The number of hydrogen-bond donors (Lipinski definition) is 1. The number of carbonyl (C=O) groups is 1. The second kappa shape index (κ2) is 7.01. The summed E-state index contributed by atoms with van der Waals surface area (Å²) >= 11 is 0. The normalized spacial score (nSPS) is 12.3. The van der Waals surface area contributed by atoms with Crippen LogP contribution in [-0.4, -0.2) is 25.7 Å². The third-order valence-electron chi connectivity index (χ3n) is 4.22. The van der Waals surface area contributed by atoms with Crippen molar-refractivity contribution in [3.63, 3.8) is 0 Å². The van der Waals surface area contributed by atoms with Crippen molar-refractivity contribution >= 4 is 16.8 Å². The van der Waals surface area contributed by atoms with Gasteiger partial charge in [0.25, 0.3) is 5.91 Å². The fourth-order valence-corrected chi connectivity index (χ4v) is 2.95. The van der Waals surface area contributed by atoms with Gasteiger partial charge in [0.05, 0.1) is 22.8 Å². The maximum atomic E-state index is 12.8. The summed E-state index contributed by atoms with van der Waals surface area (Å²) < 4.78 is 1.83. The Balaban J connectivity index is 1.86. The molecule has 1 atom stereocenters. The van der Waals surface area contributed by atoms with Crippen LogP contribution in [0.25, 0.3) is 10.9 Å². The van der Waals surface area contributed by atoms with E-state index < -0.39 is 0 Å². The molecule has 0 saturated heterocycles. The lowest BCUT2D eigenvalue weighted by Gasteiger charge is -2.15. The maximum absolute atomic E-state index is 12.8. The minimum atomic E-state index is -0.228. The summed E-state index contributed by atoms with van der Waals surface area (Å²) in [5.41, 5.74) is 3.35. The lowest BCUT2D eigenvalue weighted by atomic mass is 10.1. The minimum absolute atomic E-state index is 0.146. The number of amides is 1. The molecule has 0 aliphatic heterocycles. The number of hydrogen-bond acceptors (Lipinski definition) is 4. The summed E-state index contributed by atoms with van der Waals surface area (Å²) in [6, 6.07) is 7.73. The van der Waals surface area contributed by atoms with Crippen molar-refractivity contribution in [3.8, 4) is 0 Å². The quantitative estimate of drug-likeness (QED) is 0.775. The zero-order chi connectivity index (χ0) is 18.0. The molecule has 3 aromatic rings. The molecule has 2 heterocycles. The number of nitrogens with one attached hydrogen (secondary N) is 1. The van der Waals surface area contributed by atoms with Crippen LogP contribution in [0, 0.1) is 13.8 Å². The van der Waals surface area contributed by atoms with Crippen LogP contribution in [0.3, 0.4) is 0 Å². The first kappa shape index (κ1) is 17.1. The smallest absolute Gasteiger partial charge is 0.253 e. The summed E-state index contributed by atoms with van der Waals surface area (Å²) in [5.74, 6) is 0.615. The van der Waals surface area contributed by atoms with Crippen LogP contribution in [0.4, 0.5) is 0 Å². The Morgan fingerprint density at radius 2 is 2.08 bits per heavy atom. The fraction of sp³-hybridized carbons (Fsp3) is 0.368. The molecular formula is C19H23N5O. The second-order valence-corrected chi connectivity index (χ2v) is 6.35. The topological polar surface area (TPSA) is 72.7 Å². The van der Waals surface area contributed by atoms with Gasteiger partial charge in [-0.05, 0) is 45.4 Å². The largest absolute Gasteiger partial charge is 0.342 e. The van der Waals surface area contributed by atoms with E-state index in [1.807, 2.05) is 49.7 Å². The molecule has 0 bridgehead atoms. The van der Waals surface area contributed by atoms with Gasteiger partial charge in [0.2, 0.25) is 0 Å². The number of rotatable bonds is 5. The molecule has 0 unspecified atom stereocenters. The van der Waals surface area contributed by atoms with E-state index in [1.54, 1.807) is 0 Å². The first-order chi connectivity index (χ1) is 12.0. The predicted molar refractivity (Wildman–Crippen MR) is 97.4 cm³/mol. The molecule has 1 aromatic carbocycles. The van der Waals surface area contributed by atoms with Gasteiger partial charge in [-0.1, -0.05) is 18.6 Å². The summed E-state index contributed by atoms with van der Waals surface area (Å²) in [6.07, 6.45) is 2.49. The Morgan fingerprint density at radius 3 is 2.84 bits per heavy atom. The molecule has 0 radical (unpaired) electrons. The van der Waals surface area contributed by atoms with E-state index in [2.05, 4.69) is 27.3 Å². The predicted octanol–water partition coefficient (Wildman–Crippen LogP) is 3.34. The highest BCUT2D eigenvalue weighted by molar-refractivity contribution is 5.98. The SMILES string of the molecule is CCCn1ncnc1[C@@H](C)NC(=O)c1cc2cc(C)ccc2nc1C. The first-order valence-electron chi connectivity index (χ1n) is 8.56. The lowest BCUT2D eigenvalue weighted by molar-refractivity contribution is 0.0936. The molecule has 1 N–H and O–H groups in total. The number of pyridine rings is 1. The van der Waals surface area contributed by atoms with Crippen LogP contribution in [0.1, 0.15) is 53.7 Å². The van der Waals surface area contributed by atoms with Crippen molar-refractivity contribution < 1.29 is 4.79 Å². The number of nitrogens with zero attached hydrogens (tertiary/aromatic N) is 4. The van der Waals surface area contributed by atoms with Gasteiger partial charge in [-0.3, -0.25) is 9.78 Å². The molecule has 3 rings (SSSR count). The summed E-state index contributed by atoms with van der Waals surface area (Å²) in [5, 5.41) is 8.20. The van der Waals surface area contributed by atoms with E-state index >= 15 is 0 Å². The van der Waals surface area contributed by atoms with Crippen molar-refractivity contribution in [1.82, 2.24) is 25.1 Å². The highest BCUT2D eigenvalue weighted by Gasteiger charge is 2.18. The summed E-state index contributed by atoms with van der Waals surface area (Å²) in [4.78, 5) is 21.6. The van der Waals surface area contributed by atoms with Gasteiger partial charge in [0.1, 0.15) is 12.2 Å². The number of benzene rings is 1. The standard InChI is InChI=1S/C19H23N5O/c1-5-8-24-18(20-11-21-24)14(4)23-19(25)16-10-15-9-12(2)6-7-17(15)22-13(16)3/h6-7,9-11,14H,5,8H2,1-4H3,(H,23,25)/t14-/m1/s1. The summed E-state index contributed by atoms with van der Waals surface area (Å²) in [6.45, 7) is 8.67. The number of fused-ring (bicyclic) bond motifs is 1. The van der Waals surface area contributed by atoms with Crippen molar-refractivity contribution in [2.24, 2.45) is 0 Å². The molecular weight excluding hydrogens is 314 g/mol. The highest BCUT2D eigenvalue weighted by Crippen LogP contribution is 2.19. The molecule has 25 heavy (non-hydrogen) atoms. The third kappa shape index (κ3) is 3.52. The van der Waals surface area contributed by atoms with Gasteiger partial charge in [0, 0.05) is 11.9 Å². The zero-order valence-corrected chi connectivity index (χ0v) is 15.1. The van der Waals surface area contributed by atoms with Gasteiger partial charge >= 0.3 is 0 Å². The lowest BCUT2D eigenvalue weighted by Crippen LogP contribution is -2.29. The van der Waals surface area contributed by atoms with E-state index in [1.165, 1.54) is 6.33 Å². The van der Waals surface area contributed by atoms with Crippen molar-refractivity contribution in [1.29, 1.82) is 0 Å². The second-order valence-electron chi connectivity index (χ2n) is 6.35. The van der Waals surface area contributed by atoms with Crippen LogP contribution >= 0.6 is 0 Å². The van der Waals surface area contributed by atoms with Crippen molar-refractivity contribution in [2.75, 3.05) is 0 Å². The molecule has 0 fully saturated rings. The van der Waals surface area contributed by atoms with Gasteiger partial charge in [-0.2, -0.15) is 5.10 Å². The minimum Gasteiger partial charge on any atom is -0.342 e. The van der Waals surface area contributed by atoms with E-state index in [-0.39, 0.29) is 11.9 Å². The Kier molecular flexibility index (Phi) is 4.79. The Labute approximate surface area is 147 Å². The van der Waals surface area contributed by atoms with Crippen molar-refractivity contribution in [2.45, 2.75) is 46.7 Å². The molecule has 0 spiro atoms. The zero-order valence-electron chi connectivity index (χ0n) is 15.1. The average Bonchev–Trinajstić information content (AvgIpc) is 3.03. The Hall–Kier alpha value is -2.76. The van der Waals surface area contributed by atoms with E-state index in [9.17, 15) is 4.79 Å². The molecule has 0 aliphatic rings. The highest BCUT2D eigenvalue weighted by atomic mass is 16.1. The molecule has 130 valence electrons. The number of aromatic nitrogens is 4. The van der Waals surface area contributed by atoms with E-state index in [0.717, 1.165) is 41.0 Å². The first-order valence-corrected chi connectivity index (χ1v) is 8.56. The van der Waals surface area contributed by atoms with Gasteiger partial charge in [-0.25, -0.2) is 9.67 Å². The monoisotopic (exact) mass is 337 g/mol. The maximum Gasteiger partial charge on any atom is 0.253 e. The molecule has 1 amide bonds. The van der Waals surface area contributed by atoms with Gasteiger partial charge < -0.3 is 5.32 Å². The van der Waals surface area contributed by atoms with Crippen LogP contribution in [0.5, 0.6) is 0 Å². The van der Waals surface area contributed by atoms with Crippen LogP contribution < -0.4 is 5.32 Å². The fourth-order valence-electron chi connectivity index (χ4n) is 2.95. The number of aryl methyl sites for hydroxylation is 3. The molecule has 6 heteroatoms. The van der Waals surface area contributed by atoms with Gasteiger partial charge in [-0.15, -0.1) is 0 Å². The van der Waals surface area contributed by atoms with Crippen LogP contribution in [0.15, 0.2) is 30.6 Å². The Bertz CT molecular complexity index is 915. The third-order valence-corrected chi connectivity index (χ3v) is 4.22. The average molecular weight is 337 g/mol. The molecule has 0 saturated carbocycles. The molecule has 2 aromatic heterocycles. The van der Waals surface area contributed by atoms with Crippen LogP contribution in [0.2, 0.25) is 0 Å². The number of carbonyl (C=O) groups excluding carboxylic acids is 1. The van der Waals surface area contributed by atoms with Crippen LogP contribution in [-0.2, 0) is 6.54 Å².